The van der Waals surface area contributed by atoms with Crippen molar-refractivity contribution in [3.8, 4) is 11.3 Å². The van der Waals surface area contributed by atoms with E-state index >= 15 is 0 Å². The molecule has 5 nitrogen and oxygen atoms in total. The molecular weight excluding hydrogens is 230 g/mol. The lowest BCUT2D eigenvalue weighted by Crippen LogP contribution is -2.21. The average Bonchev–Trinajstić information content (AvgIpc) is 2.69. The monoisotopic (exact) mass is 241 g/mol. The highest BCUT2D eigenvalue weighted by Crippen LogP contribution is 2.25. The third-order valence-corrected chi connectivity index (χ3v) is 3.01. The van der Waals surface area contributed by atoms with Crippen molar-refractivity contribution < 1.29 is 0 Å². The van der Waals surface area contributed by atoms with Crippen LogP contribution in [0.25, 0.3) is 22.3 Å². The van der Waals surface area contributed by atoms with Gasteiger partial charge in [0, 0.05) is 0 Å². The Morgan fingerprint density at radius 1 is 0.889 bits per heavy atom. The van der Waals surface area contributed by atoms with E-state index in [0.29, 0.717) is 11.0 Å². The van der Waals surface area contributed by atoms with Crippen LogP contribution >= 0.6 is 0 Å². The van der Waals surface area contributed by atoms with Gasteiger partial charge in [-0.3, -0.25) is 9.78 Å². The minimum Gasteiger partial charge on any atom is -0.349 e. The molecule has 2 aromatic heterocycles. The minimum atomic E-state index is -0.491. The first kappa shape index (κ1) is 10.6. The Labute approximate surface area is 102 Å². The molecule has 5 heteroatoms. The van der Waals surface area contributed by atoms with Crippen LogP contribution in [-0.4, -0.2) is 15.0 Å². The molecule has 0 radical (unpaired) electrons. The molecule has 1 aromatic carbocycles. The normalized spacial score (nSPS) is 10.9. The van der Waals surface area contributed by atoms with E-state index in [1.807, 2.05) is 37.3 Å². The fourth-order valence-corrected chi connectivity index (χ4v) is 2.12. The van der Waals surface area contributed by atoms with Crippen LogP contribution in [0.2, 0.25) is 0 Å². The molecule has 0 aliphatic carbocycles. The first-order valence-corrected chi connectivity index (χ1v) is 5.57. The Balaban J connectivity index is 2.40. The molecule has 0 amide bonds. The highest BCUT2D eigenvalue weighted by atomic mass is 16.2. The Morgan fingerprint density at radius 3 is 2.33 bits per heavy atom. The van der Waals surface area contributed by atoms with Crippen molar-refractivity contribution in [2.75, 3.05) is 0 Å². The van der Waals surface area contributed by atoms with Gasteiger partial charge >= 0.3 is 5.69 Å². The molecule has 90 valence electrons. The van der Waals surface area contributed by atoms with Crippen molar-refractivity contribution >= 4 is 11.0 Å². The summed E-state index contributed by atoms with van der Waals surface area (Å²) in [7, 11) is 0. The van der Waals surface area contributed by atoms with Crippen molar-refractivity contribution in [1.29, 1.82) is 0 Å². The standard InChI is InChI=1S/C13H11N3O2/c1-7-9(8-5-3-2-4-6-8)14-11-10(7)15-13(18)16-12(11)17/h2-6,14H,1H3,(H2,15,16,17,18). The number of aromatic nitrogens is 3. The predicted molar refractivity (Wildman–Crippen MR) is 69.7 cm³/mol. The average molecular weight is 241 g/mol. The summed E-state index contributed by atoms with van der Waals surface area (Å²) in [6.45, 7) is 1.87. The van der Waals surface area contributed by atoms with E-state index in [2.05, 4.69) is 15.0 Å². The third-order valence-electron chi connectivity index (χ3n) is 3.01. The van der Waals surface area contributed by atoms with E-state index in [1.165, 1.54) is 0 Å². The molecule has 18 heavy (non-hydrogen) atoms. The first-order valence-electron chi connectivity index (χ1n) is 5.57. The summed E-state index contributed by atoms with van der Waals surface area (Å²) in [4.78, 5) is 30.9. The zero-order valence-electron chi connectivity index (χ0n) is 9.70. The van der Waals surface area contributed by atoms with Crippen molar-refractivity contribution in [1.82, 2.24) is 15.0 Å². The van der Waals surface area contributed by atoms with Gasteiger partial charge in [0.2, 0.25) is 0 Å². The number of hydrogen-bond acceptors (Lipinski definition) is 2. The molecule has 3 rings (SSSR count). The van der Waals surface area contributed by atoms with Crippen LogP contribution in [-0.2, 0) is 0 Å². The number of nitrogens with one attached hydrogen (secondary N) is 3. The number of benzene rings is 1. The maximum atomic E-state index is 11.7. The fraction of sp³-hybridized carbons (Fsp3) is 0.0769. The maximum Gasteiger partial charge on any atom is 0.326 e. The molecule has 0 aliphatic heterocycles. The topological polar surface area (TPSA) is 81.5 Å². The molecule has 0 bridgehead atoms. The summed E-state index contributed by atoms with van der Waals surface area (Å²) >= 11 is 0. The molecule has 3 N–H and O–H groups in total. The number of rotatable bonds is 1. The first-order chi connectivity index (χ1) is 8.66. The van der Waals surface area contributed by atoms with Gasteiger partial charge in [0.25, 0.3) is 5.56 Å². The SMILES string of the molecule is Cc1c(-c2ccccc2)[nH]c2c(=O)[nH]c(=O)[nH]c12. The second-order valence-corrected chi connectivity index (χ2v) is 4.15. The minimum absolute atomic E-state index is 0.394. The van der Waals surface area contributed by atoms with Gasteiger partial charge in [-0.1, -0.05) is 30.3 Å². The van der Waals surface area contributed by atoms with Gasteiger partial charge in [-0.05, 0) is 18.1 Å². The molecule has 0 saturated heterocycles. The molecule has 0 aliphatic rings. The van der Waals surface area contributed by atoms with Gasteiger partial charge in [-0.15, -0.1) is 0 Å². The van der Waals surface area contributed by atoms with Crippen LogP contribution in [0.15, 0.2) is 39.9 Å². The fourth-order valence-electron chi connectivity index (χ4n) is 2.12. The van der Waals surface area contributed by atoms with E-state index in [4.69, 9.17) is 0 Å². The van der Waals surface area contributed by atoms with E-state index < -0.39 is 11.2 Å². The van der Waals surface area contributed by atoms with E-state index in [9.17, 15) is 9.59 Å². The third kappa shape index (κ3) is 1.48. The lowest BCUT2D eigenvalue weighted by molar-refractivity contribution is 1.08. The number of H-pyrrole nitrogens is 3. The van der Waals surface area contributed by atoms with Crippen molar-refractivity contribution in [2.24, 2.45) is 0 Å². The highest BCUT2D eigenvalue weighted by molar-refractivity contribution is 5.86. The van der Waals surface area contributed by atoms with Gasteiger partial charge in [-0.2, -0.15) is 0 Å². The van der Waals surface area contributed by atoms with Gasteiger partial charge in [0.1, 0.15) is 5.52 Å². The summed E-state index contributed by atoms with van der Waals surface area (Å²) < 4.78 is 0. The number of aryl methyl sites for hydroxylation is 1. The summed E-state index contributed by atoms with van der Waals surface area (Å²) in [5.41, 5.74) is 2.74. The van der Waals surface area contributed by atoms with Crippen molar-refractivity contribution in [3.63, 3.8) is 0 Å². The number of hydrogen-bond donors (Lipinski definition) is 3. The van der Waals surface area contributed by atoms with Gasteiger partial charge in [-0.25, -0.2) is 4.79 Å². The molecule has 0 saturated carbocycles. The Kier molecular flexibility index (Phi) is 2.19. The molecule has 0 unspecified atom stereocenters. The van der Waals surface area contributed by atoms with Crippen molar-refractivity contribution in [2.45, 2.75) is 6.92 Å². The number of fused-ring (bicyclic) bond motifs is 1. The highest BCUT2D eigenvalue weighted by Gasteiger charge is 2.12. The molecule has 3 aromatic rings. The quantitative estimate of drug-likeness (QED) is 0.603. The van der Waals surface area contributed by atoms with Crippen LogP contribution in [0.1, 0.15) is 5.56 Å². The van der Waals surface area contributed by atoms with Crippen LogP contribution in [0.5, 0.6) is 0 Å². The smallest absolute Gasteiger partial charge is 0.326 e. The predicted octanol–water partition coefficient (Wildman–Crippen LogP) is 1.52. The summed E-state index contributed by atoms with van der Waals surface area (Å²) in [5.74, 6) is 0. The second kappa shape index (κ2) is 3.73. The van der Waals surface area contributed by atoms with Crippen LogP contribution in [0.3, 0.4) is 0 Å². The zero-order chi connectivity index (χ0) is 12.7. The largest absolute Gasteiger partial charge is 0.349 e. The Morgan fingerprint density at radius 2 is 1.61 bits per heavy atom. The maximum absolute atomic E-state index is 11.7. The van der Waals surface area contributed by atoms with Crippen molar-refractivity contribution in [3.05, 3.63) is 56.7 Å². The van der Waals surface area contributed by atoms with Gasteiger partial charge in [0.15, 0.2) is 0 Å². The lowest BCUT2D eigenvalue weighted by Gasteiger charge is -1.98. The molecular formula is C13H11N3O2. The Bertz CT molecular complexity index is 825. The Hall–Kier alpha value is -2.56. The van der Waals surface area contributed by atoms with E-state index in [0.717, 1.165) is 16.8 Å². The van der Waals surface area contributed by atoms with Crippen LogP contribution < -0.4 is 11.2 Å². The summed E-state index contributed by atoms with van der Waals surface area (Å²) in [6, 6.07) is 9.67. The van der Waals surface area contributed by atoms with Gasteiger partial charge in [0.05, 0.1) is 11.2 Å². The number of aromatic amines is 3. The van der Waals surface area contributed by atoms with Crippen LogP contribution in [0.4, 0.5) is 0 Å². The zero-order valence-corrected chi connectivity index (χ0v) is 9.70. The molecule has 0 spiro atoms. The lowest BCUT2D eigenvalue weighted by atomic mass is 10.1. The van der Waals surface area contributed by atoms with Gasteiger partial charge < -0.3 is 9.97 Å². The second-order valence-electron chi connectivity index (χ2n) is 4.15. The van der Waals surface area contributed by atoms with E-state index in [1.54, 1.807) is 0 Å². The molecule has 0 fully saturated rings. The molecule has 2 heterocycles. The molecule has 0 atom stereocenters. The van der Waals surface area contributed by atoms with Crippen LogP contribution in [0, 0.1) is 6.92 Å². The summed E-state index contributed by atoms with van der Waals surface area (Å²) in [5, 5.41) is 0. The summed E-state index contributed by atoms with van der Waals surface area (Å²) in [6.07, 6.45) is 0. The van der Waals surface area contributed by atoms with E-state index in [-0.39, 0.29) is 0 Å².